The maximum atomic E-state index is 11.6. The number of hydrogen-bond acceptors (Lipinski definition) is 4. The molecule has 0 bridgehead atoms. The lowest BCUT2D eigenvalue weighted by Gasteiger charge is -2.35. The van der Waals surface area contributed by atoms with E-state index >= 15 is 0 Å². The van der Waals surface area contributed by atoms with E-state index in [1.165, 1.54) is 24.7 Å². The van der Waals surface area contributed by atoms with Gasteiger partial charge >= 0.3 is 0 Å². The van der Waals surface area contributed by atoms with Gasteiger partial charge in [-0.25, -0.2) is 8.42 Å². The summed E-state index contributed by atoms with van der Waals surface area (Å²) in [7, 11) is -3.11. The van der Waals surface area contributed by atoms with Crippen LogP contribution in [0.15, 0.2) is 29.2 Å². The fourth-order valence-corrected chi connectivity index (χ4v) is 3.52. The lowest BCUT2D eigenvalue weighted by molar-refractivity contribution is 0.163. The van der Waals surface area contributed by atoms with E-state index in [1.54, 1.807) is 12.1 Å². The predicted octanol–water partition coefficient (Wildman–Crippen LogP) is 2.23. The smallest absolute Gasteiger partial charge is 0.175 e. The standard InChI is InChI=1S/C16H26N2O2S/c1-3-4-5-16(18-12-10-17-11-13-18)14-6-8-15(9-7-14)21(2,19)20/h6-9,16-17H,3-5,10-13H2,1-2H3/t16-/m1/s1. The molecule has 0 aliphatic carbocycles. The molecule has 118 valence electrons. The molecule has 21 heavy (non-hydrogen) atoms. The summed E-state index contributed by atoms with van der Waals surface area (Å²) in [5.41, 5.74) is 1.23. The molecule has 5 heteroatoms. The molecule has 4 nitrogen and oxygen atoms in total. The SMILES string of the molecule is CCCC[C@H](c1ccc(S(C)(=O)=O)cc1)N1CCNCC1. The molecule has 0 spiro atoms. The second-order valence-electron chi connectivity index (χ2n) is 5.79. The van der Waals surface area contributed by atoms with E-state index < -0.39 is 9.84 Å². The van der Waals surface area contributed by atoms with Crippen LogP contribution in [0.5, 0.6) is 0 Å². The number of nitrogens with zero attached hydrogens (tertiary/aromatic N) is 1. The molecule has 1 aromatic rings. The number of sulfone groups is 1. The van der Waals surface area contributed by atoms with Crippen LogP contribution in [0.2, 0.25) is 0 Å². The minimum atomic E-state index is -3.11. The van der Waals surface area contributed by atoms with Crippen LogP contribution in [0, 0.1) is 0 Å². The Labute approximate surface area is 128 Å². The fourth-order valence-electron chi connectivity index (χ4n) is 2.89. The van der Waals surface area contributed by atoms with Crippen LogP contribution in [0.3, 0.4) is 0 Å². The monoisotopic (exact) mass is 310 g/mol. The van der Waals surface area contributed by atoms with E-state index in [0.29, 0.717) is 10.9 Å². The third kappa shape index (κ3) is 4.53. The third-order valence-corrected chi connectivity index (χ3v) is 5.24. The van der Waals surface area contributed by atoms with Crippen LogP contribution in [-0.2, 0) is 9.84 Å². The number of nitrogens with one attached hydrogen (secondary N) is 1. The van der Waals surface area contributed by atoms with Crippen LogP contribution < -0.4 is 5.32 Å². The average Bonchev–Trinajstić information content (AvgIpc) is 2.48. The summed E-state index contributed by atoms with van der Waals surface area (Å²) in [6.07, 6.45) is 4.77. The highest BCUT2D eigenvalue weighted by atomic mass is 32.2. The van der Waals surface area contributed by atoms with Crippen LogP contribution in [-0.4, -0.2) is 45.8 Å². The zero-order chi connectivity index (χ0) is 15.3. The van der Waals surface area contributed by atoms with Crippen molar-refractivity contribution < 1.29 is 8.42 Å². The zero-order valence-corrected chi connectivity index (χ0v) is 13.8. The van der Waals surface area contributed by atoms with Crippen molar-refractivity contribution in [3.63, 3.8) is 0 Å². The van der Waals surface area contributed by atoms with E-state index in [1.807, 2.05) is 12.1 Å². The summed E-state index contributed by atoms with van der Waals surface area (Å²) < 4.78 is 23.1. The third-order valence-electron chi connectivity index (χ3n) is 4.12. The Bertz CT molecular complexity index is 534. The zero-order valence-electron chi connectivity index (χ0n) is 13.0. The summed E-state index contributed by atoms with van der Waals surface area (Å²) in [6, 6.07) is 7.86. The van der Waals surface area contributed by atoms with E-state index in [2.05, 4.69) is 17.1 Å². The van der Waals surface area contributed by atoms with Crippen LogP contribution in [0.1, 0.15) is 37.8 Å². The molecule has 0 radical (unpaired) electrons. The first-order valence-electron chi connectivity index (χ1n) is 7.77. The van der Waals surface area contributed by atoms with Gasteiger partial charge in [0.15, 0.2) is 9.84 Å². The Morgan fingerprint density at radius 3 is 2.33 bits per heavy atom. The summed E-state index contributed by atoms with van der Waals surface area (Å²) in [4.78, 5) is 2.92. The molecular formula is C16H26N2O2S. The van der Waals surface area contributed by atoms with Gasteiger partial charge in [0.05, 0.1) is 4.90 Å². The van der Waals surface area contributed by atoms with Crippen molar-refractivity contribution in [1.82, 2.24) is 10.2 Å². The van der Waals surface area contributed by atoms with Gasteiger partial charge in [-0.1, -0.05) is 31.9 Å². The van der Waals surface area contributed by atoms with E-state index in [4.69, 9.17) is 0 Å². The molecule has 0 amide bonds. The number of benzene rings is 1. The number of piperazine rings is 1. The maximum Gasteiger partial charge on any atom is 0.175 e. The Hall–Kier alpha value is -0.910. The molecule has 1 atom stereocenters. The molecule has 1 aromatic carbocycles. The fraction of sp³-hybridized carbons (Fsp3) is 0.625. The van der Waals surface area contributed by atoms with Gasteiger partial charge in [-0.05, 0) is 24.1 Å². The van der Waals surface area contributed by atoms with Crippen molar-refractivity contribution >= 4 is 9.84 Å². The van der Waals surface area contributed by atoms with E-state index in [-0.39, 0.29) is 0 Å². The first-order chi connectivity index (χ1) is 10.0. The second kappa shape index (κ2) is 7.38. The van der Waals surface area contributed by atoms with Crippen LogP contribution in [0.25, 0.3) is 0 Å². The Kier molecular flexibility index (Phi) is 5.79. The Morgan fingerprint density at radius 2 is 1.81 bits per heavy atom. The van der Waals surface area contributed by atoms with E-state index in [9.17, 15) is 8.42 Å². The summed E-state index contributed by atoms with van der Waals surface area (Å²) in [6.45, 7) is 6.39. The van der Waals surface area contributed by atoms with Gasteiger partial charge in [0, 0.05) is 38.5 Å². The molecule has 1 N–H and O–H groups in total. The predicted molar refractivity (Wildman–Crippen MR) is 86.3 cm³/mol. The highest BCUT2D eigenvalue weighted by molar-refractivity contribution is 7.90. The number of rotatable bonds is 6. The quantitative estimate of drug-likeness (QED) is 0.875. The van der Waals surface area contributed by atoms with Crippen LogP contribution >= 0.6 is 0 Å². The normalized spacial score (nSPS) is 18.6. The molecule has 1 heterocycles. The topological polar surface area (TPSA) is 49.4 Å². The number of hydrogen-bond donors (Lipinski definition) is 1. The lowest BCUT2D eigenvalue weighted by atomic mass is 9.99. The Morgan fingerprint density at radius 1 is 1.19 bits per heavy atom. The minimum Gasteiger partial charge on any atom is -0.314 e. The van der Waals surface area contributed by atoms with Crippen molar-refractivity contribution in [3.8, 4) is 0 Å². The van der Waals surface area contributed by atoms with Crippen LogP contribution in [0.4, 0.5) is 0 Å². The van der Waals surface area contributed by atoms with Gasteiger partial charge in [0.1, 0.15) is 0 Å². The minimum absolute atomic E-state index is 0.403. The Balaban J connectivity index is 2.19. The second-order valence-corrected chi connectivity index (χ2v) is 7.80. The number of unbranched alkanes of at least 4 members (excludes halogenated alkanes) is 1. The van der Waals surface area contributed by atoms with Gasteiger partial charge in [-0.3, -0.25) is 4.90 Å². The molecule has 0 aromatic heterocycles. The van der Waals surface area contributed by atoms with Gasteiger partial charge in [0.2, 0.25) is 0 Å². The highest BCUT2D eigenvalue weighted by Crippen LogP contribution is 2.27. The van der Waals surface area contributed by atoms with Gasteiger partial charge in [-0.2, -0.15) is 0 Å². The molecule has 1 aliphatic rings. The maximum absolute atomic E-state index is 11.6. The molecule has 0 saturated carbocycles. The van der Waals surface area contributed by atoms with Crippen molar-refractivity contribution in [1.29, 1.82) is 0 Å². The molecule has 0 unspecified atom stereocenters. The molecule has 1 saturated heterocycles. The van der Waals surface area contributed by atoms with E-state index in [0.717, 1.165) is 32.6 Å². The molecular weight excluding hydrogens is 284 g/mol. The van der Waals surface area contributed by atoms with Crippen molar-refractivity contribution in [3.05, 3.63) is 29.8 Å². The molecule has 2 rings (SSSR count). The van der Waals surface area contributed by atoms with Crippen molar-refractivity contribution in [2.75, 3.05) is 32.4 Å². The van der Waals surface area contributed by atoms with Crippen molar-refractivity contribution in [2.24, 2.45) is 0 Å². The largest absolute Gasteiger partial charge is 0.314 e. The summed E-state index contributed by atoms with van der Waals surface area (Å²) >= 11 is 0. The first kappa shape index (κ1) is 16.5. The van der Waals surface area contributed by atoms with Gasteiger partial charge < -0.3 is 5.32 Å². The summed E-state index contributed by atoms with van der Waals surface area (Å²) in [5.74, 6) is 0. The average molecular weight is 310 g/mol. The van der Waals surface area contributed by atoms with Gasteiger partial charge in [0.25, 0.3) is 0 Å². The lowest BCUT2D eigenvalue weighted by Crippen LogP contribution is -2.45. The first-order valence-corrected chi connectivity index (χ1v) is 9.66. The van der Waals surface area contributed by atoms with Crippen molar-refractivity contribution in [2.45, 2.75) is 37.1 Å². The molecule has 1 aliphatic heterocycles. The molecule has 1 fully saturated rings. The van der Waals surface area contributed by atoms with Gasteiger partial charge in [-0.15, -0.1) is 0 Å². The highest BCUT2D eigenvalue weighted by Gasteiger charge is 2.22. The summed E-state index contributed by atoms with van der Waals surface area (Å²) in [5, 5.41) is 3.39.